The van der Waals surface area contributed by atoms with Gasteiger partial charge < -0.3 is 39.4 Å². The number of benzene rings is 2. The molecule has 0 fully saturated rings. The van der Waals surface area contributed by atoms with Crippen molar-refractivity contribution < 1.29 is 44.2 Å². The molecule has 0 aliphatic rings. The second-order valence-electron chi connectivity index (χ2n) is 7.92. The van der Waals surface area contributed by atoms with Crippen molar-refractivity contribution in [3.8, 4) is 11.5 Å². The van der Waals surface area contributed by atoms with Crippen LogP contribution in [0, 0.1) is 10.5 Å². The highest BCUT2D eigenvalue weighted by Gasteiger charge is 2.33. The Bertz CT molecular complexity index is 1140. The molecule has 0 radical (unpaired) electrons. The van der Waals surface area contributed by atoms with Crippen LogP contribution in [0.25, 0.3) is 11.0 Å². The molecule has 1 heterocycles. The first-order chi connectivity index (χ1) is 16.2. The number of aromatic hydroxyl groups is 1. The molecule has 0 bridgehead atoms. The van der Waals surface area contributed by atoms with Gasteiger partial charge in [-0.2, -0.15) is 0 Å². The number of aryl methyl sites for hydroxylation is 2. The van der Waals surface area contributed by atoms with Gasteiger partial charge in [-0.05, 0) is 71.3 Å². The standard InChI is InChI=1S/C24H27IO9/c1-12-11-33-18-6-4-13(7-15(12)18)3-5-16(27)21-17(28)8-14(25)9-19(21)34-24(31)23(30)22(29)20(10-26)32-2/h4,6-9,11,20,22-24,26,28-31H,3,5,10H2,1-2H3. The smallest absolute Gasteiger partial charge is 0.226 e. The predicted octanol–water partition coefficient (Wildman–Crippen LogP) is 2.29. The number of carbonyl (C=O) groups excluding carboxylic acids is 1. The van der Waals surface area contributed by atoms with Crippen LogP contribution in [0.2, 0.25) is 0 Å². The van der Waals surface area contributed by atoms with E-state index < -0.39 is 37.0 Å². The summed E-state index contributed by atoms with van der Waals surface area (Å²) >= 11 is 1.91. The third-order valence-electron chi connectivity index (χ3n) is 5.55. The molecule has 3 aromatic rings. The third-order valence-corrected chi connectivity index (χ3v) is 6.17. The van der Waals surface area contributed by atoms with Crippen LogP contribution in [0.3, 0.4) is 0 Å². The fourth-order valence-corrected chi connectivity index (χ4v) is 4.17. The highest BCUT2D eigenvalue weighted by molar-refractivity contribution is 14.1. The number of carbonyl (C=O) groups is 1. The molecule has 4 atom stereocenters. The molecule has 0 aliphatic carbocycles. The van der Waals surface area contributed by atoms with Gasteiger partial charge >= 0.3 is 0 Å². The van der Waals surface area contributed by atoms with Crippen LogP contribution in [-0.2, 0) is 11.2 Å². The maximum atomic E-state index is 13.0. The molecular formula is C24H27IO9. The molecule has 9 nitrogen and oxygen atoms in total. The maximum Gasteiger partial charge on any atom is 0.226 e. The van der Waals surface area contributed by atoms with Crippen molar-refractivity contribution in [3.05, 3.63) is 56.9 Å². The first-order valence-corrected chi connectivity index (χ1v) is 11.6. The molecular weight excluding hydrogens is 559 g/mol. The Morgan fingerprint density at radius 3 is 2.56 bits per heavy atom. The van der Waals surface area contributed by atoms with Gasteiger partial charge in [-0.3, -0.25) is 4.79 Å². The van der Waals surface area contributed by atoms with Crippen LogP contribution >= 0.6 is 22.6 Å². The van der Waals surface area contributed by atoms with E-state index in [9.17, 15) is 30.3 Å². The molecule has 5 N–H and O–H groups in total. The fraction of sp³-hybridized carbons (Fsp3) is 0.375. The number of furan rings is 1. The summed E-state index contributed by atoms with van der Waals surface area (Å²) in [6.45, 7) is 1.33. The molecule has 3 rings (SSSR count). The molecule has 0 spiro atoms. The molecule has 2 aromatic carbocycles. The van der Waals surface area contributed by atoms with E-state index in [1.807, 2.05) is 47.7 Å². The first kappa shape index (κ1) is 26.4. The first-order valence-electron chi connectivity index (χ1n) is 10.5. The number of Topliss-reactive ketones (excluding diaryl/α,β-unsaturated/α-hetero) is 1. The summed E-state index contributed by atoms with van der Waals surface area (Å²) in [6.07, 6.45) is -4.54. The van der Waals surface area contributed by atoms with Crippen molar-refractivity contribution in [1.82, 2.24) is 0 Å². The summed E-state index contributed by atoms with van der Waals surface area (Å²) < 4.78 is 16.2. The minimum atomic E-state index is -1.96. The number of hydrogen-bond donors (Lipinski definition) is 5. The number of ketones is 1. The molecule has 184 valence electrons. The van der Waals surface area contributed by atoms with E-state index in [1.165, 1.54) is 19.2 Å². The summed E-state index contributed by atoms with van der Waals surface area (Å²) in [5.41, 5.74) is 2.50. The molecule has 4 unspecified atom stereocenters. The molecule has 10 heteroatoms. The Kier molecular flexibility index (Phi) is 8.90. The van der Waals surface area contributed by atoms with Gasteiger partial charge in [0, 0.05) is 22.5 Å². The zero-order valence-corrected chi connectivity index (χ0v) is 20.8. The van der Waals surface area contributed by atoms with E-state index in [2.05, 4.69) is 0 Å². The second-order valence-corrected chi connectivity index (χ2v) is 9.16. The normalized spacial score (nSPS) is 15.1. The molecule has 0 saturated carbocycles. The lowest BCUT2D eigenvalue weighted by Crippen LogP contribution is -2.48. The summed E-state index contributed by atoms with van der Waals surface area (Å²) in [6, 6.07) is 8.45. The van der Waals surface area contributed by atoms with Crippen molar-refractivity contribution in [2.75, 3.05) is 13.7 Å². The fourth-order valence-electron chi connectivity index (χ4n) is 3.59. The Hall–Kier alpha value is -2.22. The van der Waals surface area contributed by atoms with Gasteiger partial charge in [0.05, 0.1) is 12.9 Å². The molecule has 0 amide bonds. The van der Waals surface area contributed by atoms with E-state index in [4.69, 9.17) is 13.9 Å². The molecule has 1 aromatic heterocycles. The van der Waals surface area contributed by atoms with E-state index in [0.717, 1.165) is 22.1 Å². The van der Waals surface area contributed by atoms with Crippen LogP contribution in [0.15, 0.2) is 41.0 Å². The topological polar surface area (TPSA) is 150 Å². The molecule has 34 heavy (non-hydrogen) atoms. The minimum absolute atomic E-state index is 0.0461. The van der Waals surface area contributed by atoms with Gasteiger partial charge in [-0.1, -0.05) is 6.07 Å². The van der Waals surface area contributed by atoms with E-state index in [-0.39, 0.29) is 23.5 Å². The average molecular weight is 586 g/mol. The number of aliphatic hydroxyl groups is 4. The summed E-state index contributed by atoms with van der Waals surface area (Å²) in [5, 5.41) is 51.3. The number of methoxy groups -OCH3 is 1. The highest BCUT2D eigenvalue weighted by atomic mass is 127. The number of hydrogen-bond acceptors (Lipinski definition) is 9. The number of ether oxygens (including phenoxy) is 2. The van der Waals surface area contributed by atoms with Gasteiger partial charge in [-0.15, -0.1) is 0 Å². The SMILES string of the molecule is COC(CO)C(O)C(O)C(O)Oc1cc(I)cc(O)c1C(=O)CCc1ccc2occ(C)c2c1. The summed E-state index contributed by atoms with van der Waals surface area (Å²) in [7, 11) is 1.23. The monoisotopic (exact) mass is 586 g/mol. The summed E-state index contributed by atoms with van der Waals surface area (Å²) in [5.74, 6) is -0.909. The Labute approximate surface area is 209 Å². The van der Waals surface area contributed by atoms with Crippen LogP contribution in [0.1, 0.15) is 27.9 Å². The largest absolute Gasteiger partial charge is 0.507 e. The Balaban J connectivity index is 1.78. The number of fused-ring (bicyclic) bond motifs is 1. The molecule has 0 saturated heterocycles. The maximum absolute atomic E-state index is 13.0. The van der Waals surface area contributed by atoms with Crippen molar-refractivity contribution >= 4 is 39.3 Å². The van der Waals surface area contributed by atoms with Crippen LogP contribution < -0.4 is 4.74 Å². The number of phenols is 1. The lowest BCUT2D eigenvalue weighted by Gasteiger charge is -2.28. The van der Waals surface area contributed by atoms with E-state index >= 15 is 0 Å². The van der Waals surface area contributed by atoms with Crippen molar-refractivity contribution in [3.63, 3.8) is 0 Å². The Morgan fingerprint density at radius 2 is 1.88 bits per heavy atom. The van der Waals surface area contributed by atoms with Gasteiger partial charge in [-0.25, -0.2) is 0 Å². The predicted molar refractivity (Wildman–Crippen MR) is 131 cm³/mol. The van der Waals surface area contributed by atoms with Gasteiger partial charge in [0.1, 0.15) is 41.0 Å². The zero-order chi connectivity index (χ0) is 25.0. The van der Waals surface area contributed by atoms with Crippen molar-refractivity contribution in [2.24, 2.45) is 0 Å². The number of halogens is 1. The summed E-state index contributed by atoms with van der Waals surface area (Å²) in [4.78, 5) is 13.0. The van der Waals surface area contributed by atoms with Crippen LogP contribution in [-0.4, -0.2) is 69.6 Å². The highest BCUT2D eigenvalue weighted by Crippen LogP contribution is 2.33. The number of phenolic OH excluding ortho intramolecular Hbond substituents is 1. The van der Waals surface area contributed by atoms with Crippen molar-refractivity contribution in [2.45, 2.75) is 44.4 Å². The average Bonchev–Trinajstić information content (AvgIpc) is 3.17. The van der Waals surface area contributed by atoms with Gasteiger partial charge in [0.25, 0.3) is 0 Å². The zero-order valence-electron chi connectivity index (χ0n) is 18.6. The van der Waals surface area contributed by atoms with Crippen molar-refractivity contribution in [1.29, 1.82) is 0 Å². The molecule has 0 aliphatic heterocycles. The van der Waals surface area contributed by atoms with Crippen LogP contribution in [0.5, 0.6) is 11.5 Å². The van der Waals surface area contributed by atoms with E-state index in [1.54, 1.807) is 6.26 Å². The number of rotatable bonds is 11. The third kappa shape index (κ3) is 5.88. The Morgan fingerprint density at radius 1 is 1.15 bits per heavy atom. The van der Waals surface area contributed by atoms with Crippen LogP contribution in [0.4, 0.5) is 0 Å². The van der Waals surface area contributed by atoms with Gasteiger partial charge in [0.15, 0.2) is 5.78 Å². The van der Waals surface area contributed by atoms with E-state index in [0.29, 0.717) is 9.99 Å². The lowest BCUT2D eigenvalue weighted by molar-refractivity contribution is -0.174. The quantitative estimate of drug-likeness (QED) is 0.130. The van der Waals surface area contributed by atoms with Gasteiger partial charge in [0.2, 0.25) is 6.29 Å². The minimum Gasteiger partial charge on any atom is -0.507 e. The lowest BCUT2D eigenvalue weighted by atomic mass is 10.00. The second kappa shape index (κ2) is 11.5. The number of aliphatic hydroxyl groups excluding tert-OH is 4.